The molecular weight excluding hydrogens is 414 g/mol. The Morgan fingerprint density at radius 2 is 1.91 bits per heavy atom. The minimum absolute atomic E-state index is 0.242. The van der Waals surface area contributed by atoms with Crippen LogP contribution in [0.15, 0.2) is 55.0 Å². The van der Waals surface area contributed by atoms with Gasteiger partial charge in [0.2, 0.25) is 5.95 Å². The zero-order valence-corrected chi connectivity index (χ0v) is 18.1. The summed E-state index contributed by atoms with van der Waals surface area (Å²) in [6.07, 6.45) is 5.28. The van der Waals surface area contributed by atoms with Gasteiger partial charge in [-0.3, -0.25) is 4.57 Å². The number of imidazole rings is 2. The molecule has 3 aromatic heterocycles. The van der Waals surface area contributed by atoms with Crippen molar-refractivity contribution in [1.29, 1.82) is 5.26 Å². The average Bonchev–Trinajstić information content (AvgIpc) is 3.45. The van der Waals surface area contributed by atoms with Crippen molar-refractivity contribution in [3.8, 4) is 23.4 Å². The second-order valence-corrected chi connectivity index (χ2v) is 8.33. The molecule has 4 heterocycles. The predicted molar refractivity (Wildman–Crippen MR) is 124 cm³/mol. The maximum atomic E-state index is 9.32. The number of hydrogen-bond donors (Lipinski definition) is 0. The molecule has 0 atom stereocenters. The molecule has 1 saturated heterocycles. The van der Waals surface area contributed by atoms with Crippen LogP contribution in [0, 0.1) is 18.3 Å². The minimum Gasteiger partial charge on any atom is -0.381 e. The molecule has 2 aromatic carbocycles. The molecule has 0 bridgehead atoms. The first-order valence-corrected chi connectivity index (χ1v) is 11.0. The number of nitriles is 1. The molecule has 33 heavy (non-hydrogen) atoms. The highest BCUT2D eigenvalue weighted by molar-refractivity contribution is 5.80. The van der Waals surface area contributed by atoms with Crippen molar-refractivity contribution in [3.63, 3.8) is 0 Å². The monoisotopic (exact) mass is 435 g/mol. The molecular formula is C25H21N7O. The van der Waals surface area contributed by atoms with E-state index in [4.69, 9.17) is 14.7 Å². The van der Waals surface area contributed by atoms with Gasteiger partial charge in [0.05, 0.1) is 28.9 Å². The lowest BCUT2D eigenvalue weighted by Gasteiger charge is -2.25. The summed E-state index contributed by atoms with van der Waals surface area (Å²) >= 11 is 0. The Hall–Kier alpha value is -4.09. The van der Waals surface area contributed by atoms with E-state index in [1.807, 2.05) is 16.7 Å². The van der Waals surface area contributed by atoms with Crippen LogP contribution in [0.2, 0.25) is 0 Å². The van der Waals surface area contributed by atoms with E-state index in [1.54, 1.807) is 18.6 Å². The fourth-order valence-corrected chi connectivity index (χ4v) is 4.51. The Kier molecular flexibility index (Phi) is 4.63. The second kappa shape index (κ2) is 7.80. The van der Waals surface area contributed by atoms with E-state index in [0.29, 0.717) is 11.5 Å². The van der Waals surface area contributed by atoms with Crippen LogP contribution in [-0.4, -0.2) is 42.3 Å². The minimum atomic E-state index is 0.242. The van der Waals surface area contributed by atoms with Gasteiger partial charge in [0, 0.05) is 24.8 Å². The molecule has 1 aliphatic heterocycles. The quantitative estimate of drug-likeness (QED) is 0.418. The first-order chi connectivity index (χ1) is 16.2. The molecule has 0 saturated carbocycles. The highest BCUT2D eigenvalue weighted by Crippen LogP contribution is 2.32. The summed E-state index contributed by atoms with van der Waals surface area (Å²) in [6, 6.07) is 16.2. The Morgan fingerprint density at radius 1 is 1.03 bits per heavy atom. The van der Waals surface area contributed by atoms with Gasteiger partial charge < -0.3 is 9.30 Å². The van der Waals surface area contributed by atoms with Crippen LogP contribution in [0.3, 0.4) is 0 Å². The number of fused-ring (bicyclic) bond motifs is 2. The molecule has 1 aliphatic rings. The first-order valence-electron chi connectivity index (χ1n) is 11.0. The summed E-state index contributed by atoms with van der Waals surface area (Å²) in [4.78, 5) is 19.0. The molecule has 8 nitrogen and oxygen atoms in total. The van der Waals surface area contributed by atoms with E-state index in [1.165, 1.54) is 5.56 Å². The third-order valence-electron chi connectivity index (χ3n) is 6.14. The number of hydrogen-bond acceptors (Lipinski definition) is 6. The Labute approximate surface area is 190 Å². The number of benzene rings is 2. The van der Waals surface area contributed by atoms with Crippen LogP contribution >= 0.6 is 0 Å². The summed E-state index contributed by atoms with van der Waals surface area (Å²) in [5.41, 5.74) is 5.95. The molecule has 8 heteroatoms. The van der Waals surface area contributed by atoms with Gasteiger partial charge in [-0.25, -0.2) is 15.0 Å². The Morgan fingerprint density at radius 3 is 2.73 bits per heavy atom. The van der Waals surface area contributed by atoms with Crippen molar-refractivity contribution in [2.45, 2.75) is 25.8 Å². The predicted octanol–water partition coefficient (Wildman–Crippen LogP) is 4.36. The average molecular weight is 435 g/mol. The molecule has 0 unspecified atom stereocenters. The van der Waals surface area contributed by atoms with Gasteiger partial charge in [0.15, 0.2) is 5.65 Å². The molecule has 0 amide bonds. The van der Waals surface area contributed by atoms with Gasteiger partial charge in [0.1, 0.15) is 17.7 Å². The van der Waals surface area contributed by atoms with E-state index in [2.05, 4.69) is 51.8 Å². The molecule has 5 aromatic rings. The van der Waals surface area contributed by atoms with Gasteiger partial charge >= 0.3 is 0 Å². The highest BCUT2D eigenvalue weighted by atomic mass is 16.5. The van der Waals surface area contributed by atoms with Crippen LogP contribution in [0.1, 0.15) is 30.0 Å². The lowest BCUT2D eigenvalue weighted by molar-refractivity contribution is 0.0708. The molecule has 0 N–H and O–H groups in total. The van der Waals surface area contributed by atoms with Gasteiger partial charge in [-0.15, -0.1) is 0 Å². The number of aryl methyl sites for hydroxylation is 1. The van der Waals surface area contributed by atoms with Crippen LogP contribution in [0.4, 0.5) is 0 Å². The number of aromatic nitrogens is 6. The summed E-state index contributed by atoms with van der Waals surface area (Å²) in [5, 5.41) is 9.32. The zero-order chi connectivity index (χ0) is 22.4. The summed E-state index contributed by atoms with van der Waals surface area (Å²) in [6.45, 7) is 3.53. The van der Waals surface area contributed by atoms with Crippen molar-refractivity contribution in [2.75, 3.05) is 13.2 Å². The maximum Gasteiger partial charge on any atom is 0.237 e. The Bertz CT molecular complexity index is 1540. The fraction of sp³-hybridized carbons (Fsp3) is 0.240. The lowest BCUT2D eigenvalue weighted by Crippen LogP contribution is -2.20. The van der Waals surface area contributed by atoms with Crippen LogP contribution < -0.4 is 0 Å². The van der Waals surface area contributed by atoms with Crippen molar-refractivity contribution in [2.24, 2.45) is 0 Å². The van der Waals surface area contributed by atoms with E-state index in [9.17, 15) is 5.26 Å². The molecule has 0 radical (unpaired) electrons. The third kappa shape index (κ3) is 3.34. The fourth-order valence-electron chi connectivity index (χ4n) is 4.51. The van der Waals surface area contributed by atoms with Crippen LogP contribution in [0.5, 0.6) is 0 Å². The van der Waals surface area contributed by atoms with E-state index < -0.39 is 0 Å². The normalized spacial score (nSPS) is 14.7. The second-order valence-electron chi connectivity index (χ2n) is 8.33. The van der Waals surface area contributed by atoms with E-state index >= 15 is 0 Å². The number of ether oxygens (including phenoxy) is 1. The number of nitrogens with zero attached hydrogens (tertiary/aromatic N) is 7. The molecule has 162 valence electrons. The third-order valence-corrected chi connectivity index (χ3v) is 6.14. The smallest absolute Gasteiger partial charge is 0.237 e. The van der Waals surface area contributed by atoms with Gasteiger partial charge in [0.25, 0.3) is 0 Å². The zero-order valence-electron chi connectivity index (χ0n) is 18.1. The molecule has 0 spiro atoms. The van der Waals surface area contributed by atoms with E-state index in [-0.39, 0.29) is 6.04 Å². The maximum absolute atomic E-state index is 9.32. The molecule has 1 fully saturated rings. The standard InChI is InChI=1S/C25H21N7O/c1-16-3-2-4-18(11-16)23-29-21-14-27-25(30-24(21)32(23)19-7-9-33-10-8-19)31-15-28-20-6-5-17(13-26)12-22(20)31/h2-6,11-12,14-15,19H,7-10H2,1H3. The van der Waals surface area contributed by atoms with E-state index in [0.717, 1.165) is 59.6 Å². The largest absolute Gasteiger partial charge is 0.381 e. The first kappa shape index (κ1) is 19.6. The highest BCUT2D eigenvalue weighted by Gasteiger charge is 2.24. The SMILES string of the molecule is Cc1cccc(-c2nc3cnc(-n4cnc5ccc(C#N)cc54)nc3n2C2CCOCC2)c1. The molecule has 6 rings (SSSR count). The Balaban J connectivity index is 1.57. The lowest BCUT2D eigenvalue weighted by atomic mass is 10.1. The topological polar surface area (TPSA) is 94.4 Å². The van der Waals surface area contributed by atoms with Crippen molar-refractivity contribution in [3.05, 3.63) is 66.1 Å². The van der Waals surface area contributed by atoms with Crippen molar-refractivity contribution >= 4 is 22.2 Å². The van der Waals surface area contributed by atoms with Gasteiger partial charge in [-0.2, -0.15) is 10.2 Å². The van der Waals surface area contributed by atoms with Gasteiger partial charge in [-0.05, 0) is 44.0 Å². The van der Waals surface area contributed by atoms with Crippen LogP contribution in [0.25, 0.3) is 39.5 Å². The van der Waals surface area contributed by atoms with Crippen molar-refractivity contribution in [1.82, 2.24) is 29.1 Å². The number of rotatable bonds is 3. The molecule has 0 aliphatic carbocycles. The summed E-state index contributed by atoms with van der Waals surface area (Å²) in [7, 11) is 0. The summed E-state index contributed by atoms with van der Waals surface area (Å²) < 4.78 is 9.69. The van der Waals surface area contributed by atoms with Gasteiger partial charge in [-0.1, -0.05) is 23.8 Å². The van der Waals surface area contributed by atoms with Crippen molar-refractivity contribution < 1.29 is 4.74 Å². The summed E-state index contributed by atoms with van der Waals surface area (Å²) in [5.74, 6) is 1.40. The van der Waals surface area contributed by atoms with Crippen LogP contribution in [-0.2, 0) is 4.74 Å².